The smallest absolute Gasteiger partial charge is 0.362 e. The van der Waals surface area contributed by atoms with Crippen LogP contribution < -0.4 is 8.37 Å². The Morgan fingerprint density at radius 2 is 1.08 bits per heavy atom. The summed E-state index contributed by atoms with van der Waals surface area (Å²) < 4.78 is 69.9. The highest BCUT2D eigenvalue weighted by Gasteiger charge is 2.14. The van der Waals surface area contributed by atoms with Gasteiger partial charge in [0.05, 0.1) is 0 Å². The molecule has 138 valence electrons. The first-order valence-electron chi connectivity index (χ1n) is 7.37. The summed E-state index contributed by atoms with van der Waals surface area (Å²) in [5.74, 6) is -0.0205. The monoisotopic (exact) mass is 398 g/mol. The Hall–Kier alpha value is -2.40. The number of hydrogen-bond acceptors (Lipinski definition) is 6. The lowest BCUT2D eigenvalue weighted by Gasteiger charge is -2.14. The summed E-state index contributed by atoms with van der Waals surface area (Å²) in [7, 11) is -9.21. The normalized spacial score (nSPS) is 15.2. The van der Waals surface area contributed by atoms with Crippen molar-refractivity contribution in [3.63, 3.8) is 0 Å². The van der Waals surface area contributed by atoms with Crippen molar-refractivity contribution in [2.24, 2.45) is 0 Å². The average Bonchev–Trinajstić information content (AvgIpc) is 2.48. The summed E-state index contributed by atoms with van der Waals surface area (Å²) in [4.78, 5) is 0. The molecule has 0 aromatic heterocycles. The first-order valence-corrected chi connectivity index (χ1v) is 10.1. The zero-order valence-corrected chi connectivity index (χ0v) is 14.8. The highest BCUT2D eigenvalue weighted by molar-refractivity contribution is 7.81. The molecule has 0 amide bonds. The fourth-order valence-electron chi connectivity index (χ4n) is 2.72. The minimum Gasteiger partial charge on any atom is -0.362 e. The second-order valence-electron chi connectivity index (χ2n) is 5.58. The molecule has 0 spiro atoms. The molecule has 26 heavy (non-hydrogen) atoms. The number of fused-ring (bicyclic) bond motifs is 2. The van der Waals surface area contributed by atoms with Gasteiger partial charge >= 0.3 is 20.8 Å². The summed E-state index contributed by atoms with van der Waals surface area (Å²) >= 11 is 0. The molecular formula is C16H14O8S2. The Morgan fingerprint density at radius 1 is 0.692 bits per heavy atom. The molecule has 0 aliphatic heterocycles. The van der Waals surface area contributed by atoms with Gasteiger partial charge in [-0.2, -0.15) is 16.8 Å². The van der Waals surface area contributed by atoms with Crippen molar-refractivity contribution in [1.29, 1.82) is 0 Å². The Labute approximate surface area is 150 Å². The lowest BCUT2D eigenvalue weighted by molar-refractivity contribution is 0.384. The lowest BCUT2D eigenvalue weighted by atomic mass is 9.93. The molecule has 2 aromatic rings. The van der Waals surface area contributed by atoms with Crippen LogP contribution in [0.15, 0.2) is 36.4 Å². The highest BCUT2D eigenvalue weighted by Crippen LogP contribution is 2.28. The molecule has 0 heterocycles. The van der Waals surface area contributed by atoms with Gasteiger partial charge in [0.2, 0.25) is 0 Å². The largest absolute Gasteiger partial charge is 0.446 e. The molecule has 0 saturated heterocycles. The molecule has 0 unspecified atom stereocenters. The van der Waals surface area contributed by atoms with Crippen molar-refractivity contribution in [3.8, 4) is 11.5 Å². The number of rotatable bonds is 4. The Kier molecular flexibility index (Phi) is 4.76. The third-order valence-electron chi connectivity index (χ3n) is 3.74. The van der Waals surface area contributed by atoms with Gasteiger partial charge in [-0.25, -0.2) is 0 Å². The Balaban J connectivity index is 1.92. The molecule has 1 aliphatic carbocycles. The van der Waals surface area contributed by atoms with Gasteiger partial charge in [0.25, 0.3) is 0 Å². The van der Waals surface area contributed by atoms with Crippen LogP contribution in [0.3, 0.4) is 0 Å². The van der Waals surface area contributed by atoms with Crippen LogP contribution in [-0.2, 0) is 33.6 Å². The quantitative estimate of drug-likeness (QED) is 0.751. The maximum atomic E-state index is 10.8. The van der Waals surface area contributed by atoms with E-state index in [2.05, 4.69) is 8.37 Å². The van der Waals surface area contributed by atoms with Crippen molar-refractivity contribution in [1.82, 2.24) is 0 Å². The molecular weight excluding hydrogens is 384 g/mol. The molecule has 0 saturated carbocycles. The van der Waals surface area contributed by atoms with Gasteiger partial charge in [-0.1, -0.05) is 24.3 Å². The van der Waals surface area contributed by atoms with Crippen LogP contribution >= 0.6 is 0 Å². The van der Waals surface area contributed by atoms with Crippen molar-refractivity contribution >= 4 is 33.0 Å². The van der Waals surface area contributed by atoms with Crippen LogP contribution in [0.5, 0.6) is 11.5 Å². The van der Waals surface area contributed by atoms with Crippen molar-refractivity contribution in [2.75, 3.05) is 0 Å². The predicted octanol–water partition coefficient (Wildman–Crippen LogP) is 2.32. The zero-order valence-electron chi connectivity index (χ0n) is 13.2. The molecule has 3 rings (SSSR count). The average molecular weight is 398 g/mol. The summed E-state index contributed by atoms with van der Waals surface area (Å²) in [6.07, 6.45) is 4.66. The van der Waals surface area contributed by atoms with Crippen molar-refractivity contribution in [2.45, 2.75) is 12.8 Å². The minimum absolute atomic E-state index is 0.0103. The summed E-state index contributed by atoms with van der Waals surface area (Å²) in [5, 5.41) is 0. The molecule has 1 aliphatic rings. The van der Waals surface area contributed by atoms with Crippen LogP contribution in [0.4, 0.5) is 0 Å². The molecule has 10 heteroatoms. The van der Waals surface area contributed by atoms with E-state index in [1.54, 1.807) is 12.1 Å². The second-order valence-corrected chi connectivity index (χ2v) is 7.62. The van der Waals surface area contributed by atoms with Gasteiger partial charge in [-0.15, -0.1) is 0 Å². The molecule has 0 radical (unpaired) electrons. The molecule has 0 bridgehead atoms. The van der Waals surface area contributed by atoms with Gasteiger partial charge in [-0.3, -0.25) is 9.11 Å². The van der Waals surface area contributed by atoms with E-state index in [1.807, 2.05) is 12.2 Å². The number of hydrogen-bond donors (Lipinski definition) is 2. The Bertz CT molecular complexity index is 998. The topological polar surface area (TPSA) is 127 Å². The number of benzene rings is 2. The van der Waals surface area contributed by atoms with E-state index in [1.165, 1.54) is 24.3 Å². The lowest BCUT2D eigenvalue weighted by Crippen LogP contribution is -2.08. The van der Waals surface area contributed by atoms with E-state index in [9.17, 15) is 16.8 Å². The van der Waals surface area contributed by atoms with Crippen LogP contribution in [0.25, 0.3) is 12.2 Å². The van der Waals surface area contributed by atoms with E-state index in [0.29, 0.717) is 12.8 Å². The van der Waals surface area contributed by atoms with Gasteiger partial charge in [0.1, 0.15) is 11.5 Å². The molecule has 8 nitrogen and oxygen atoms in total. The van der Waals surface area contributed by atoms with E-state index in [0.717, 1.165) is 22.3 Å². The van der Waals surface area contributed by atoms with E-state index in [-0.39, 0.29) is 11.5 Å². The van der Waals surface area contributed by atoms with Crippen LogP contribution in [0, 0.1) is 0 Å². The van der Waals surface area contributed by atoms with E-state index in [4.69, 9.17) is 9.11 Å². The molecule has 0 atom stereocenters. The third-order valence-corrected chi connectivity index (χ3v) is 4.54. The van der Waals surface area contributed by atoms with Gasteiger partial charge in [-0.05, 0) is 59.4 Å². The first-order chi connectivity index (χ1) is 12.1. The zero-order chi connectivity index (χ0) is 18.9. The number of aryl methyl sites for hydroxylation is 2. The fourth-order valence-corrected chi connectivity index (χ4v) is 3.41. The summed E-state index contributed by atoms with van der Waals surface area (Å²) in [5.41, 5.74) is 3.29. The predicted molar refractivity (Wildman–Crippen MR) is 93.6 cm³/mol. The maximum absolute atomic E-state index is 10.8. The van der Waals surface area contributed by atoms with Crippen LogP contribution in [0.1, 0.15) is 22.3 Å². The van der Waals surface area contributed by atoms with Crippen molar-refractivity contribution < 1.29 is 34.3 Å². The van der Waals surface area contributed by atoms with Gasteiger partial charge < -0.3 is 8.37 Å². The molecule has 2 N–H and O–H groups in total. The summed E-state index contributed by atoms with van der Waals surface area (Å²) in [6, 6.07) is 9.24. The van der Waals surface area contributed by atoms with Gasteiger partial charge in [0, 0.05) is 0 Å². The Morgan fingerprint density at radius 3 is 1.42 bits per heavy atom. The standard InChI is InChI=1S/C16H14O8S2/c17-25(18,19)23-15-7-5-11-1-2-12-6-8-16(24-26(20,21)22)10-14(12)4-3-13(11)9-15/h1-2,5-10H,3-4H2,(H,17,18,19)(H,20,21,22)/b2-1-. The van der Waals surface area contributed by atoms with Crippen LogP contribution in [-0.4, -0.2) is 25.9 Å². The molecule has 2 aromatic carbocycles. The van der Waals surface area contributed by atoms with Crippen molar-refractivity contribution in [3.05, 3.63) is 58.7 Å². The minimum atomic E-state index is -4.61. The highest BCUT2D eigenvalue weighted by atomic mass is 32.3. The van der Waals surface area contributed by atoms with Crippen LogP contribution in [0.2, 0.25) is 0 Å². The summed E-state index contributed by atoms with van der Waals surface area (Å²) in [6.45, 7) is 0. The van der Waals surface area contributed by atoms with Gasteiger partial charge in [0.15, 0.2) is 0 Å². The first kappa shape index (κ1) is 18.4. The molecule has 0 fully saturated rings. The third kappa shape index (κ3) is 4.82. The maximum Gasteiger partial charge on any atom is 0.446 e. The SMILES string of the molecule is O=S(=O)(O)Oc1ccc2c(c1)CCc1cc(OS(=O)(=O)O)ccc1/C=C\2. The second kappa shape index (κ2) is 6.72. The van der Waals surface area contributed by atoms with E-state index >= 15 is 0 Å². The van der Waals surface area contributed by atoms with E-state index < -0.39 is 20.8 Å². The fraction of sp³-hybridized carbons (Fsp3) is 0.125.